The quantitative estimate of drug-likeness (QED) is 0.726. The molecular weight excluding hydrogens is 408 g/mol. The molecule has 142 valence electrons. The van der Waals surface area contributed by atoms with Gasteiger partial charge in [-0.3, -0.25) is 14.2 Å². The van der Waals surface area contributed by atoms with Gasteiger partial charge in [-0.15, -0.1) is 0 Å². The highest BCUT2D eigenvalue weighted by Crippen LogP contribution is 2.45. The Balaban J connectivity index is 1.74. The van der Waals surface area contributed by atoms with Gasteiger partial charge < -0.3 is 5.32 Å². The summed E-state index contributed by atoms with van der Waals surface area (Å²) in [6.45, 7) is 6.52. The smallest absolute Gasteiger partial charge is 0.283 e. The summed E-state index contributed by atoms with van der Waals surface area (Å²) in [6.07, 6.45) is 0.937. The average molecular weight is 430 g/mol. The first-order chi connectivity index (χ1) is 12.3. The van der Waals surface area contributed by atoms with Crippen LogP contribution < -0.4 is 5.32 Å². The molecule has 2 aromatic heterocycles. The number of halogens is 3. The first kappa shape index (κ1) is 19.0. The van der Waals surface area contributed by atoms with E-state index < -0.39 is 6.43 Å². The lowest BCUT2D eigenvalue weighted by Gasteiger charge is -2.15. The van der Waals surface area contributed by atoms with E-state index in [0.29, 0.717) is 10.2 Å². The highest BCUT2D eigenvalue weighted by molar-refractivity contribution is 9.10. The minimum atomic E-state index is -2.67. The first-order valence-corrected chi connectivity index (χ1v) is 9.48. The molecule has 2 heterocycles. The van der Waals surface area contributed by atoms with E-state index in [1.807, 2.05) is 25.5 Å². The molecule has 0 bridgehead atoms. The lowest BCUT2D eigenvalue weighted by Crippen LogP contribution is -2.31. The van der Waals surface area contributed by atoms with Crippen molar-refractivity contribution in [2.24, 2.45) is 0 Å². The Morgan fingerprint density at radius 1 is 1.42 bits per heavy atom. The number of aromatic nitrogens is 4. The van der Waals surface area contributed by atoms with Gasteiger partial charge in [0.25, 0.3) is 6.43 Å². The fraction of sp³-hybridized carbons (Fsp3) is 0.588. The van der Waals surface area contributed by atoms with E-state index in [1.165, 1.54) is 4.68 Å². The molecule has 0 aromatic carbocycles. The van der Waals surface area contributed by atoms with Gasteiger partial charge in [0, 0.05) is 23.7 Å². The number of amides is 1. The number of carbonyl (C=O) groups excluding carboxylic acids is 1. The third-order valence-electron chi connectivity index (χ3n) is 4.71. The number of hydrogen-bond acceptors (Lipinski definition) is 3. The highest BCUT2D eigenvalue weighted by Gasteiger charge is 2.34. The monoisotopic (exact) mass is 429 g/mol. The number of rotatable bonds is 7. The lowest BCUT2D eigenvalue weighted by molar-refractivity contribution is -0.122. The van der Waals surface area contributed by atoms with Gasteiger partial charge in [0.05, 0.1) is 22.4 Å². The molecule has 1 amide bonds. The molecule has 26 heavy (non-hydrogen) atoms. The molecule has 1 fully saturated rings. The summed E-state index contributed by atoms with van der Waals surface area (Å²) in [5.41, 5.74) is 2.34. The van der Waals surface area contributed by atoms with Crippen molar-refractivity contribution in [2.45, 2.75) is 65.1 Å². The van der Waals surface area contributed by atoms with Crippen LogP contribution in [0.2, 0.25) is 0 Å². The molecule has 1 aliphatic carbocycles. The van der Waals surface area contributed by atoms with E-state index in [-0.39, 0.29) is 30.1 Å². The summed E-state index contributed by atoms with van der Waals surface area (Å²) in [7, 11) is 0. The molecule has 2 aromatic rings. The molecule has 9 heteroatoms. The molecule has 0 aliphatic heterocycles. The van der Waals surface area contributed by atoms with Crippen LogP contribution in [0.5, 0.6) is 0 Å². The van der Waals surface area contributed by atoms with Gasteiger partial charge in [-0.05, 0) is 49.5 Å². The highest BCUT2D eigenvalue weighted by atomic mass is 79.9. The van der Waals surface area contributed by atoms with Crippen LogP contribution in [0.1, 0.15) is 67.7 Å². The normalized spacial score (nSPS) is 15.5. The van der Waals surface area contributed by atoms with E-state index in [1.54, 1.807) is 6.20 Å². The predicted molar refractivity (Wildman–Crippen MR) is 96.1 cm³/mol. The second kappa shape index (κ2) is 7.46. The van der Waals surface area contributed by atoms with Crippen LogP contribution in [0.4, 0.5) is 8.78 Å². The van der Waals surface area contributed by atoms with Gasteiger partial charge in [-0.1, -0.05) is 0 Å². The van der Waals surface area contributed by atoms with Crippen molar-refractivity contribution in [3.8, 4) is 0 Å². The molecule has 3 rings (SSSR count). The molecule has 0 saturated heterocycles. The standard InChI is InChI=1S/C17H22BrF2N5O/c1-4-24-10(3)12(7-21-24)9(2)22-13(26)8-25-16(11-5-6-11)14(18)15(23-25)17(19)20/h7,9,11,17H,4-6,8H2,1-3H3,(H,22,26). The minimum absolute atomic E-state index is 0.0809. The number of nitrogens with one attached hydrogen (secondary N) is 1. The lowest BCUT2D eigenvalue weighted by atomic mass is 10.1. The predicted octanol–water partition coefficient (Wildman–Crippen LogP) is 3.86. The van der Waals surface area contributed by atoms with Crippen LogP contribution >= 0.6 is 15.9 Å². The Bertz CT molecular complexity index is 812. The maximum atomic E-state index is 13.1. The van der Waals surface area contributed by atoms with Crippen molar-refractivity contribution in [2.75, 3.05) is 0 Å². The number of hydrogen-bond donors (Lipinski definition) is 1. The SMILES string of the molecule is CCn1ncc(C(C)NC(=O)Cn2nc(C(F)F)c(Br)c2C2CC2)c1C. The van der Waals surface area contributed by atoms with E-state index in [2.05, 4.69) is 31.4 Å². The zero-order valence-corrected chi connectivity index (χ0v) is 16.6. The molecule has 1 saturated carbocycles. The zero-order valence-electron chi connectivity index (χ0n) is 15.0. The maximum Gasteiger partial charge on any atom is 0.283 e. The fourth-order valence-electron chi connectivity index (χ4n) is 3.18. The van der Waals surface area contributed by atoms with E-state index in [9.17, 15) is 13.6 Å². The van der Waals surface area contributed by atoms with Gasteiger partial charge in [-0.2, -0.15) is 10.2 Å². The second-order valence-electron chi connectivity index (χ2n) is 6.61. The molecule has 6 nitrogen and oxygen atoms in total. The van der Waals surface area contributed by atoms with Crippen molar-refractivity contribution in [3.05, 3.63) is 33.3 Å². The van der Waals surface area contributed by atoms with Gasteiger partial charge >= 0.3 is 0 Å². The van der Waals surface area contributed by atoms with E-state index >= 15 is 0 Å². The van der Waals surface area contributed by atoms with Crippen LogP contribution in [0, 0.1) is 6.92 Å². The fourth-order valence-corrected chi connectivity index (χ4v) is 3.97. The summed E-state index contributed by atoms with van der Waals surface area (Å²) in [6, 6.07) is -0.222. The number of aryl methyl sites for hydroxylation is 1. The molecule has 0 radical (unpaired) electrons. The van der Waals surface area contributed by atoms with Crippen molar-refractivity contribution < 1.29 is 13.6 Å². The van der Waals surface area contributed by atoms with Crippen LogP contribution in [0.15, 0.2) is 10.7 Å². The van der Waals surface area contributed by atoms with Gasteiger partial charge in [0.2, 0.25) is 5.91 Å². The molecule has 1 N–H and O–H groups in total. The summed E-state index contributed by atoms with van der Waals surface area (Å²) in [5.74, 6) is -0.0708. The van der Waals surface area contributed by atoms with Crippen molar-refractivity contribution >= 4 is 21.8 Å². The minimum Gasteiger partial charge on any atom is -0.348 e. The van der Waals surface area contributed by atoms with Gasteiger partial charge in [0.15, 0.2) is 0 Å². The van der Waals surface area contributed by atoms with Crippen LogP contribution in [-0.4, -0.2) is 25.5 Å². The van der Waals surface area contributed by atoms with Gasteiger partial charge in [0.1, 0.15) is 12.2 Å². The van der Waals surface area contributed by atoms with Crippen LogP contribution in [0.3, 0.4) is 0 Å². The molecule has 1 aliphatic rings. The number of alkyl halides is 2. The third kappa shape index (κ3) is 3.67. The first-order valence-electron chi connectivity index (χ1n) is 8.69. The largest absolute Gasteiger partial charge is 0.348 e. The Kier molecular flexibility index (Phi) is 5.45. The van der Waals surface area contributed by atoms with Crippen molar-refractivity contribution in [1.82, 2.24) is 24.9 Å². The zero-order chi connectivity index (χ0) is 19.0. The third-order valence-corrected chi connectivity index (χ3v) is 5.52. The molecule has 0 spiro atoms. The Morgan fingerprint density at radius 3 is 2.65 bits per heavy atom. The summed E-state index contributed by atoms with van der Waals surface area (Å²) >= 11 is 3.23. The second-order valence-corrected chi connectivity index (χ2v) is 7.40. The van der Waals surface area contributed by atoms with Crippen molar-refractivity contribution in [1.29, 1.82) is 0 Å². The Morgan fingerprint density at radius 2 is 2.12 bits per heavy atom. The molecular formula is C17H22BrF2N5O. The number of nitrogens with zero attached hydrogens (tertiary/aromatic N) is 4. The van der Waals surface area contributed by atoms with E-state index in [4.69, 9.17) is 0 Å². The van der Waals surface area contributed by atoms with E-state index in [0.717, 1.165) is 30.6 Å². The number of carbonyl (C=O) groups is 1. The topological polar surface area (TPSA) is 64.7 Å². The van der Waals surface area contributed by atoms with Crippen LogP contribution in [-0.2, 0) is 17.9 Å². The van der Waals surface area contributed by atoms with Gasteiger partial charge in [-0.25, -0.2) is 8.78 Å². The molecule has 1 unspecified atom stereocenters. The Labute approximate surface area is 159 Å². The van der Waals surface area contributed by atoms with Crippen LogP contribution in [0.25, 0.3) is 0 Å². The average Bonchev–Trinajstić information content (AvgIpc) is 3.25. The Hall–Kier alpha value is -1.77. The molecule has 1 atom stereocenters. The summed E-state index contributed by atoms with van der Waals surface area (Å²) in [5, 5.41) is 11.2. The van der Waals surface area contributed by atoms with Crippen molar-refractivity contribution in [3.63, 3.8) is 0 Å². The maximum absolute atomic E-state index is 13.1. The summed E-state index contributed by atoms with van der Waals surface area (Å²) < 4.78 is 29.9. The summed E-state index contributed by atoms with van der Waals surface area (Å²) in [4.78, 5) is 12.5.